The zero-order chi connectivity index (χ0) is 22.1. The summed E-state index contributed by atoms with van der Waals surface area (Å²) in [6.07, 6.45) is 0. The Balaban J connectivity index is 1.46. The van der Waals surface area contributed by atoms with Crippen molar-refractivity contribution in [1.82, 2.24) is 10.3 Å². The van der Waals surface area contributed by atoms with Gasteiger partial charge in [0.05, 0.1) is 15.6 Å². The number of hydrogen-bond acceptors (Lipinski definition) is 4. The molecular weight excluding hydrogens is 453 g/mol. The number of halogens is 2. The van der Waals surface area contributed by atoms with Gasteiger partial charge in [0, 0.05) is 11.3 Å². The van der Waals surface area contributed by atoms with Crippen LogP contribution in [0.2, 0.25) is 10.0 Å². The number of carbonyl (C=O) groups excluding carboxylic acids is 1. The van der Waals surface area contributed by atoms with Crippen molar-refractivity contribution in [3.63, 3.8) is 0 Å². The lowest BCUT2D eigenvalue weighted by molar-refractivity contribution is 0.0978. The van der Waals surface area contributed by atoms with Crippen LogP contribution in [0.1, 0.15) is 21.5 Å². The van der Waals surface area contributed by atoms with E-state index in [0.717, 1.165) is 27.8 Å². The molecule has 156 valence electrons. The highest BCUT2D eigenvalue weighted by molar-refractivity contribution is 7.80. The summed E-state index contributed by atoms with van der Waals surface area (Å²) in [7, 11) is 0. The van der Waals surface area contributed by atoms with Crippen LogP contribution in [0.3, 0.4) is 0 Å². The zero-order valence-electron chi connectivity index (χ0n) is 16.6. The molecule has 4 aromatic rings. The van der Waals surface area contributed by atoms with Gasteiger partial charge in [0.25, 0.3) is 5.91 Å². The molecular formula is C23H17Cl2N3O2S. The predicted molar refractivity (Wildman–Crippen MR) is 129 cm³/mol. The first-order chi connectivity index (χ1) is 14.8. The standard InChI is InChI=1S/C23H17Cl2N3O2S/c1-12-10-13(2)20-18(11-12)27-22(30-20)14-6-8-15(9-7-14)26-23(31)28-21(29)16-4-3-5-17(24)19(16)25/h3-11H,1-2H3,(H2,26,28,29,31). The minimum absolute atomic E-state index is 0.141. The van der Waals surface area contributed by atoms with Crippen molar-refractivity contribution in [3.8, 4) is 11.5 Å². The highest BCUT2D eigenvalue weighted by atomic mass is 35.5. The van der Waals surface area contributed by atoms with E-state index in [0.29, 0.717) is 16.6 Å². The summed E-state index contributed by atoms with van der Waals surface area (Å²) in [5.41, 5.74) is 5.58. The molecule has 4 rings (SSSR count). The lowest BCUT2D eigenvalue weighted by atomic mass is 10.1. The van der Waals surface area contributed by atoms with Crippen LogP contribution in [0.4, 0.5) is 5.69 Å². The van der Waals surface area contributed by atoms with Crippen LogP contribution < -0.4 is 10.6 Å². The van der Waals surface area contributed by atoms with Gasteiger partial charge >= 0.3 is 0 Å². The summed E-state index contributed by atoms with van der Waals surface area (Å²) in [5, 5.41) is 6.18. The highest BCUT2D eigenvalue weighted by Gasteiger charge is 2.14. The molecule has 5 nitrogen and oxygen atoms in total. The zero-order valence-corrected chi connectivity index (χ0v) is 19.0. The summed E-state index contributed by atoms with van der Waals surface area (Å²) >= 11 is 17.3. The maximum atomic E-state index is 12.4. The summed E-state index contributed by atoms with van der Waals surface area (Å²) < 4.78 is 5.95. The SMILES string of the molecule is Cc1cc(C)c2oc(-c3ccc(NC(=S)NC(=O)c4cccc(Cl)c4Cl)cc3)nc2c1. The molecule has 0 radical (unpaired) electrons. The van der Waals surface area contributed by atoms with Crippen molar-refractivity contribution in [2.45, 2.75) is 13.8 Å². The van der Waals surface area contributed by atoms with E-state index in [1.165, 1.54) is 0 Å². The van der Waals surface area contributed by atoms with E-state index < -0.39 is 5.91 Å². The number of anilines is 1. The first-order valence-electron chi connectivity index (χ1n) is 9.36. The van der Waals surface area contributed by atoms with Gasteiger partial charge in [-0.1, -0.05) is 35.3 Å². The molecule has 1 heterocycles. The third kappa shape index (κ3) is 4.56. The Morgan fingerprint density at radius 1 is 1.06 bits per heavy atom. The van der Waals surface area contributed by atoms with Gasteiger partial charge < -0.3 is 9.73 Å². The number of oxazole rings is 1. The van der Waals surface area contributed by atoms with Gasteiger partial charge in [-0.05, 0) is 79.7 Å². The van der Waals surface area contributed by atoms with Crippen LogP contribution in [0.5, 0.6) is 0 Å². The first kappa shape index (κ1) is 21.3. The molecule has 3 aromatic carbocycles. The second-order valence-electron chi connectivity index (χ2n) is 7.04. The summed E-state index contributed by atoms with van der Waals surface area (Å²) in [4.78, 5) is 17.0. The van der Waals surface area contributed by atoms with Gasteiger partial charge in [0.15, 0.2) is 10.7 Å². The minimum Gasteiger partial charge on any atom is -0.436 e. The van der Waals surface area contributed by atoms with Crippen molar-refractivity contribution in [2.24, 2.45) is 0 Å². The average molecular weight is 470 g/mol. The van der Waals surface area contributed by atoms with E-state index in [2.05, 4.69) is 21.7 Å². The highest BCUT2D eigenvalue weighted by Crippen LogP contribution is 2.28. The second kappa shape index (κ2) is 8.67. The average Bonchev–Trinajstić information content (AvgIpc) is 3.15. The van der Waals surface area contributed by atoms with Crippen molar-refractivity contribution >= 4 is 63.2 Å². The number of thiocarbonyl (C=S) groups is 1. The molecule has 0 spiro atoms. The molecule has 8 heteroatoms. The van der Waals surface area contributed by atoms with Gasteiger partial charge in [-0.2, -0.15) is 0 Å². The fourth-order valence-electron chi connectivity index (χ4n) is 3.21. The van der Waals surface area contributed by atoms with E-state index >= 15 is 0 Å². The smallest absolute Gasteiger partial charge is 0.258 e. The van der Waals surface area contributed by atoms with Gasteiger partial charge in [-0.15, -0.1) is 0 Å². The van der Waals surface area contributed by atoms with Crippen LogP contribution in [0.25, 0.3) is 22.6 Å². The molecule has 31 heavy (non-hydrogen) atoms. The van der Waals surface area contributed by atoms with Crippen molar-refractivity contribution in [2.75, 3.05) is 5.32 Å². The van der Waals surface area contributed by atoms with Crippen LogP contribution >= 0.6 is 35.4 Å². The molecule has 0 unspecified atom stereocenters. The number of aromatic nitrogens is 1. The maximum absolute atomic E-state index is 12.4. The number of amides is 1. The van der Waals surface area contributed by atoms with E-state index in [9.17, 15) is 4.79 Å². The monoisotopic (exact) mass is 469 g/mol. The number of aryl methyl sites for hydroxylation is 2. The van der Waals surface area contributed by atoms with Crippen LogP contribution in [-0.2, 0) is 0 Å². The fraction of sp³-hybridized carbons (Fsp3) is 0.0870. The van der Waals surface area contributed by atoms with Crippen LogP contribution in [0.15, 0.2) is 59.0 Å². The summed E-state index contributed by atoms with van der Waals surface area (Å²) in [6, 6.07) is 16.3. The second-order valence-corrected chi connectivity index (χ2v) is 8.23. The van der Waals surface area contributed by atoms with Gasteiger partial charge in [-0.3, -0.25) is 10.1 Å². The van der Waals surface area contributed by atoms with E-state index in [1.807, 2.05) is 44.2 Å². The number of benzene rings is 3. The topological polar surface area (TPSA) is 67.2 Å². The van der Waals surface area contributed by atoms with Gasteiger partial charge in [0.2, 0.25) is 5.89 Å². The lowest BCUT2D eigenvalue weighted by Crippen LogP contribution is -2.34. The minimum atomic E-state index is -0.446. The molecule has 0 saturated carbocycles. The Morgan fingerprint density at radius 2 is 1.81 bits per heavy atom. The molecule has 0 aliphatic rings. The Bertz CT molecular complexity index is 1320. The Labute approximate surface area is 194 Å². The van der Waals surface area contributed by atoms with Gasteiger partial charge in [0.1, 0.15) is 5.52 Å². The van der Waals surface area contributed by atoms with Crippen LogP contribution in [0, 0.1) is 13.8 Å². The first-order valence-corrected chi connectivity index (χ1v) is 10.5. The number of nitrogens with zero attached hydrogens (tertiary/aromatic N) is 1. The maximum Gasteiger partial charge on any atom is 0.258 e. The lowest BCUT2D eigenvalue weighted by Gasteiger charge is -2.11. The molecule has 2 N–H and O–H groups in total. The number of hydrogen-bond donors (Lipinski definition) is 2. The molecule has 0 bridgehead atoms. The molecule has 0 aliphatic carbocycles. The summed E-state index contributed by atoms with van der Waals surface area (Å²) in [5.74, 6) is 0.0977. The molecule has 0 saturated heterocycles. The largest absolute Gasteiger partial charge is 0.436 e. The molecule has 0 aliphatic heterocycles. The Morgan fingerprint density at radius 3 is 2.55 bits per heavy atom. The van der Waals surface area contributed by atoms with E-state index in [1.54, 1.807) is 18.2 Å². The number of rotatable bonds is 3. The number of fused-ring (bicyclic) bond motifs is 1. The normalized spacial score (nSPS) is 10.8. The molecule has 1 amide bonds. The summed E-state index contributed by atoms with van der Waals surface area (Å²) in [6.45, 7) is 4.03. The van der Waals surface area contributed by atoms with Crippen molar-refractivity contribution in [3.05, 3.63) is 81.3 Å². The number of carbonyl (C=O) groups is 1. The quantitative estimate of drug-likeness (QED) is 0.333. The van der Waals surface area contributed by atoms with Crippen molar-refractivity contribution < 1.29 is 9.21 Å². The molecule has 1 aromatic heterocycles. The van der Waals surface area contributed by atoms with Crippen molar-refractivity contribution in [1.29, 1.82) is 0 Å². The molecule has 0 fully saturated rings. The third-order valence-electron chi connectivity index (χ3n) is 4.63. The third-order valence-corrected chi connectivity index (χ3v) is 5.66. The fourth-order valence-corrected chi connectivity index (χ4v) is 3.81. The number of nitrogens with one attached hydrogen (secondary N) is 2. The predicted octanol–water partition coefficient (Wildman–Crippen LogP) is 6.55. The van der Waals surface area contributed by atoms with Crippen LogP contribution in [-0.4, -0.2) is 16.0 Å². The Kier molecular flexibility index (Phi) is 5.96. The van der Waals surface area contributed by atoms with E-state index in [-0.39, 0.29) is 15.7 Å². The Hall–Kier alpha value is -2.93. The van der Waals surface area contributed by atoms with Gasteiger partial charge in [-0.25, -0.2) is 4.98 Å². The molecule has 0 atom stereocenters. The van der Waals surface area contributed by atoms with E-state index in [4.69, 9.17) is 39.8 Å².